The number of carbonyl (C=O) groups is 2. The van der Waals surface area contributed by atoms with E-state index >= 15 is 0 Å². The monoisotopic (exact) mass is 247 g/mol. The summed E-state index contributed by atoms with van der Waals surface area (Å²) >= 11 is 0. The van der Waals surface area contributed by atoms with Gasteiger partial charge in [0.05, 0.1) is 6.54 Å². The highest BCUT2D eigenvalue weighted by atomic mass is 16.4. The molecule has 6 heteroatoms. The number of hydrogen-bond acceptors (Lipinski definition) is 4. The number of aliphatic carboxylic acids is 1. The van der Waals surface area contributed by atoms with Crippen LogP contribution < -0.4 is 0 Å². The van der Waals surface area contributed by atoms with Gasteiger partial charge >= 0.3 is 5.97 Å². The maximum atomic E-state index is 11.7. The number of aromatic nitrogens is 1. The molecule has 0 saturated carbocycles. The molecule has 0 bridgehead atoms. The number of nitrogens with zero attached hydrogens (tertiary/aromatic N) is 3. The van der Waals surface area contributed by atoms with Crippen LogP contribution in [0.25, 0.3) is 0 Å². The Hall–Kier alpha value is -2.24. The van der Waals surface area contributed by atoms with Crippen molar-refractivity contribution in [2.24, 2.45) is 5.10 Å². The maximum Gasteiger partial charge on any atom is 0.352 e. The van der Waals surface area contributed by atoms with Gasteiger partial charge in [-0.2, -0.15) is 5.10 Å². The molecule has 1 aliphatic heterocycles. The van der Waals surface area contributed by atoms with Gasteiger partial charge < -0.3 is 5.11 Å². The van der Waals surface area contributed by atoms with Crippen LogP contribution in [0, 0.1) is 6.92 Å². The quantitative estimate of drug-likeness (QED) is 0.862. The molecular weight excluding hydrogens is 234 g/mol. The molecule has 0 atom stereocenters. The molecule has 0 saturated heterocycles. The predicted octanol–water partition coefficient (Wildman–Crippen LogP) is 0.953. The largest absolute Gasteiger partial charge is 0.477 e. The Morgan fingerprint density at radius 1 is 1.44 bits per heavy atom. The Morgan fingerprint density at radius 2 is 2.22 bits per heavy atom. The van der Waals surface area contributed by atoms with Gasteiger partial charge in [0, 0.05) is 25.2 Å². The van der Waals surface area contributed by atoms with Gasteiger partial charge in [0.2, 0.25) is 5.91 Å². The Morgan fingerprint density at radius 3 is 2.89 bits per heavy atom. The molecule has 0 spiro atoms. The first kappa shape index (κ1) is 12.2. The second-order valence-electron chi connectivity index (χ2n) is 4.17. The molecule has 2 rings (SSSR count). The minimum Gasteiger partial charge on any atom is -0.477 e. The Labute approximate surface area is 104 Å². The highest BCUT2D eigenvalue weighted by Crippen LogP contribution is 2.13. The molecule has 18 heavy (non-hydrogen) atoms. The van der Waals surface area contributed by atoms with Gasteiger partial charge in [-0.3, -0.25) is 9.78 Å². The molecule has 1 amide bonds. The van der Waals surface area contributed by atoms with Crippen LogP contribution >= 0.6 is 0 Å². The summed E-state index contributed by atoms with van der Waals surface area (Å²) in [5, 5.41) is 13.9. The van der Waals surface area contributed by atoms with E-state index in [4.69, 9.17) is 5.11 Å². The van der Waals surface area contributed by atoms with Crippen LogP contribution in [0.4, 0.5) is 0 Å². The van der Waals surface area contributed by atoms with E-state index in [-0.39, 0.29) is 31.0 Å². The number of hydrazone groups is 1. The van der Waals surface area contributed by atoms with Crippen molar-refractivity contribution in [1.82, 2.24) is 9.99 Å². The summed E-state index contributed by atoms with van der Waals surface area (Å²) in [6, 6.07) is 1.89. The number of amides is 1. The van der Waals surface area contributed by atoms with Crippen molar-refractivity contribution in [3.8, 4) is 0 Å². The Balaban J connectivity index is 2.19. The van der Waals surface area contributed by atoms with E-state index in [9.17, 15) is 9.59 Å². The number of carboxylic acid groups (broad SMARTS) is 1. The predicted molar refractivity (Wildman–Crippen MR) is 63.8 cm³/mol. The van der Waals surface area contributed by atoms with Gasteiger partial charge in [0.25, 0.3) is 0 Å². The van der Waals surface area contributed by atoms with E-state index in [1.54, 1.807) is 12.4 Å². The number of hydrogen-bond donors (Lipinski definition) is 1. The smallest absolute Gasteiger partial charge is 0.352 e. The highest BCUT2D eigenvalue weighted by Gasteiger charge is 2.24. The first-order valence-electron chi connectivity index (χ1n) is 5.58. The summed E-state index contributed by atoms with van der Waals surface area (Å²) < 4.78 is 0. The molecule has 0 radical (unpaired) electrons. The van der Waals surface area contributed by atoms with Gasteiger partial charge in [0.1, 0.15) is 5.71 Å². The van der Waals surface area contributed by atoms with Crippen molar-refractivity contribution in [2.45, 2.75) is 26.3 Å². The third-order valence-corrected chi connectivity index (χ3v) is 2.62. The molecule has 0 unspecified atom stereocenters. The zero-order valence-corrected chi connectivity index (χ0v) is 9.96. The van der Waals surface area contributed by atoms with Crippen molar-refractivity contribution in [3.05, 3.63) is 29.6 Å². The lowest BCUT2D eigenvalue weighted by molar-refractivity contribution is -0.133. The van der Waals surface area contributed by atoms with Crippen LogP contribution in [-0.2, 0) is 16.1 Å². The molecule has 2 heterocycles. The minimum absolute atomic E-state index is 0.0233. The SMILES string of the molecule is Cc1cncc(CN2N=C(C(=O)O)CCC2=O)c1. The molecule has 1 N–H and O–H groups in total. The molecule has 0 fully saturated rings. The average molecular weight is 247 g/mol. The normalized spacial score (nSPS) is 15.5. The number of aryl methyl sites for hydroxylation is 1. The first-order chi connectivity index (χ1) is 8.56. The number of rotatable bonds is 3. The third-order valence-electron chi connectivity index (χ3n) is 2.62. The van der Waals surface area contributed by atoms with Gasteiger partial charge in [0.15, 0.2) is 0 Å². The van der Waals surface area contributed by atoms with Gasteiger partial charge in [-0.05, 0) is 18.1 Å². The standard InChI is InChI=1S/C12H13N3O3/c1-8-4-9(6-13-5-8)7-15-11(16)3-2-10(14-15)12(17)18/h4-6H,2-3,7H2,1H3,(H,17,18). The number of pyridine rings is 1. The van der Waals surface area contributed by atoms with Crippen LogP contribution in [0.3, 0.4) is 0 Å². The minimum atomic E-state index is -1.07. The lowest BCUT2D eigenvalue weighted by Crippen LogP contribution is -2.33. The van der Waals surface area contributed by atoms with E-state index in [2.05, 4.69) is 10.1 Å². The van der Waals surface area contributed by atoms with Crippen molar-refractivity contribution >= 4 is 17.6 Å². The van der Waals surface area contributed by atoms with E-state index < -0.39 is 5.97 Å². The zero-order valence-electron chi connectivity index (χ0n) is 9.96. The summed E-state index contributed by atoms with van der Waals surface area (Å²) in [4.78, 5) is 26.5. The van der Waals surface area contributed by atoms with Crippen LogP contribution in [0.1, 0.15) is 24.0 Å². The van der Waals surface area contributed by atoms with Crippen molar-refractivity contribution in [2.75, 3.05) is 0 Å². The second kappa shape index (κ2) is 4.95. The van der Waals surface area contributed by atoms with Crippen LogP contribution in [0.5, 0.6) is 0 Å². The summed E-state index contributed by atoms with van der Waals surface area (Å²) in [6.45, 7) is 2.16. The van der Waals surface area contributed by atoms with Gasteiger partial charge in [-0.25, -0.2) is 9.80 Å². The molecule has 6 nitrogen and oxygen atoms in total. The fourth-order valence-electron chi connectivity index (χ4n) is 1.76. The van der Waals surface area contributed by atoms with Crippen molar-refractivity contribution in [1.29, 1.82) is 0 Å². The third kappa shape index (κ3) is 2.71. The topological polar surface area (TPSA) is 82.9 Å². The molecular formula is C12H13N3O3. The average Bonchev–Trinajstić information content (AvgIpc) is 2.31. The second-order valence-corrected chi connectivity index (χ2v) is 4.17. The van der Waals surface area contributed by atoms with Crippen LogP contribution in [-0.4, -0.2) is 32.7 Å². The molecule has 1 aliphatic rings. The Kier molecular flexibility index (Phi) is 3.36. The molecule has 0 aromatic carbocycles. The zero-order chi connectivity index (χ0) is 13.1. The fourth-order valence-corrected chi connectivity index (χ4v) is 1.76. The lowest BCUT2D eigenvalue weighted by Gasteiger charge is -2.22. The van der Waals surface area contributed by atoms with Crippen molar-refractivity contribution in [3.63, 3.8) is 0 Å². The number of carboxylic acids is 1. The van der Waals surface area contributed by atoms with Crippen LogP contribution in [0.2, 0.25) is 0 Å². The fraction of sp³-hybridized carbons (Fsp3) is 0.333. The lowest BCUT2D eigenvalue weighted by atomic mass is 10.1. The summed E-state index contributed by atoms with van der Waals surface area (Å²) in [5.41, 5.74) is 1.84. The molecule has 94 valence electrons. The van der Waals surface area contributed by atoms with Gasteiger partial charge in [-0.1, -0.05) is 6.07 Å². The summed E-state index contributed by atoms with van der Waals surface area (Å²) in [5.74, 6) is -1.24. The first-order valence-corrected chi connectivity index (χ1v) is 5.58. The van der Waals surface area contributed by atoms with E-state index in [1.165, 1.54) is 5.01 Å². The van der Waals surface area contributed by atoms with E-state index in [0.29, 0.717) is 0 Å². The van der Waals surface area contributed by atoms with Crippen LogP contribution in [0.15, 0.2) is 23.6 Å². The summed E-state index contributed by atoms with van der Waals surface area (Å²) in [7, 11) is 0. The maximum absolute atomic E-state index is 11.7. The summed E-state index contributed by atoms with van der Waals surface area (Å²) in [6.07, 6.45) is 3.74. The molecule has 1 aromatic heterocycles. The number of carbonyl (C=O) groups excluding carboxylic acids is 1. The van der Waals surface area contributed by atoms with E-state index in [1.807, 2.05) is 13.0 Å². The Bertz CT molecular complexity index is 525. The van der Waals surface area contributed by atoms with Gasteiger partial charge in [-0.15, -0.1) is 0 Å². The van der Waals surface area contributed by atoms with E-state index in [0.717, 1.165) is 11.1 Å². The van der Waals surface area contributed by atoms with Crippen molar-refractivity contribution < 1.29 is 14.7 Å². The molecule has 0 aliphatic carbocycles. The molecule has 1 aromatic rings. The highest BCUT2D eigenvalue weighted by molar-refractivity contribution is 6.36.